The van der Waals surface area contributed by atoms with Gasteiger partial charge in [-0.3, -0.25) is 4.90 Å². The highest BCUT2D eigenvalue weighted by Gasteiger charge is 2.38. The zero-order chi connectivity index (χ0) is 16.1. The van der Waals surface area contributed by atoms with Gasteiger partial charge >= 0.3 is 0 Å². The number of hydrogen-bond acceptors (Lipinski definition) is 4. The van der Waals surface area contributed by atoms with Gasteiger partial charge in [-0.1, -0.05) is 6.42 Å². The quantitative estimate of drug-likeness (QED) is 0.613. The highest BCUT2D eigenvalue weighted by Crippen LogP contribution is 2.35. The number of fused-ring (bicyclic) bond motifs is 2. The fourth-order valence-electron chi connectivity index (χ4n) is 3.94. The molecule has 0 saturated carbocycles. The van der Waals surface area contributed by atoms with E-state index >= 15 is 0 Å². The van der Waals surface area contributed by atoms with Crippen LogP contribution in [0.2, 0.25) is 0 Å². The molecule has 1 unspecified atom stereocenters. The zero-order valence-corrected chi connectivity index (χ0v) is 14.6. The summed E-state index contributed by atoms with van der Waals surface area (Å²) >= 11 is 5.40. The standard InChI is InChI=1S/C17H27N3O2S/c1-21-9-7-18-17(23)19-13-10-14-4-2-5-15(11-13)20(14)12-16-6-3-8-22-16/h3,6,8,13-15H,2,4-5,7,9-12H2,1H3,(H2,18,19,23)/t13?,14-,15+. The molecule has 1 aromatic rings. The Labute approximate surface area is 143 Å². The van der Waals surface area contributed by atoms with Crippen molar-refractivity contribution < 1.29 is 9.15 Å². The third kappa shape index (κ3) is 4.46. The molecule has 2 bridgehead atoms. The fourth-order valence-corrected chi connectivity index (χ4v) is 4.21. The molecule has 23 heavy (non-hydrogen) atoms. The second kappa shape index (κ2) is 8.13. The van der Waals surface area contributed by atoms with E-state index in [2.05, 4.69) is 21.6 Å². The summed E-state index contributed by atoms with van der Waals surface area (Å²) in [6.07, 6.45) is 7.97. The van der Waals surface area contributed by atoms with Crippen molar-refractivity contribution in [2.75, 3.05) is 20.3 Å². The third-order valence-corrected chi connectivity index (χ3v) is 5.23. The van der Waals surface area contributed by atoms with Crippen LogP contribution in [0.3, 0.4) is 0 Å². The van der Waals surface area contributed by atoms with Crippen LogP contribution in [0.15, 0.2) is 22.8 Å². The normalized spacial score (nSPS) is 27.6. The number of piperidine rings is 2. The predicted octanol–water partition coefficient (Wildman–Crippen LogP) is 2.28. The number of nitrogens with zero attached hydrogens (tertiary/aromatic N) is 1. The maximum absolute atomic E-state index is 5.55. The second-order valence-corrected chi connectivity index (χ2v) is 6.96. The third-order valence-electron chi connectivity index (χ3n) is 4.97. The molecule has 0 amide bonds. The Morgan fingerprint density at radius 3 is 2.83 bits per heavy atom. The van der Waals surface area contributed by atoms with Crippen molar-refractivity contribution in [2.24, 2.45) is 0 Å². The van der Waals surface area contributed by atoms with Crippen molar-refractivity contribution >= 4 is 17.3 Å². The molecule has 0 aliphatic carbocycles. The van der Waals surface area contributed by atoms with E-state index in [-0.39, 0.29) is 0 Å². The van der Waals surface area contributed by atoms with Crippen LogP contribution in [-0.4, -0.2) is 48.4 Å². The Balaban J connectivity index is 1.52. The maximum Gasteiger partial charge on any atom is 0.166 e. The van der Waals surface area contributed by atoms with Gasteiger partial charge in [-0.2, -0.15) is 0 Å². The van der Waals surface area contributed by atoms with Crippen LogP contribution in [0.5, 0.6) is 0 Å². The van der Waals surface area contributed by atoms with Gasteiger partial charge in [-0.05, 0) is 50.0 Å². The number of thiocarbonyl (C=S) groups is 1. The largest absolute Gasteiger partial charge is 0.468 e. The van der Waals surface area contributed by atoms with Crippen LogP contribution in [-0.2, 0) is 11.3 Å². The first-order chi connectivity index (χ1) is 11.3. The molecule has 0 radical (unpaired) electrons. The number of methoxy groups -OCH3 is 1. The van der Waals surface area contributed by atoms with Crippen molar-refractivity contribution in [3.63, 3.8) is 0 Å². The summed E-state index contributed by atoms with van der Waals surface area (Å²) in [5.74, 6) is 1.07. The molecule has 1 aromatic heterocycles. The molecule has 3 heterocycles. The van der Waals surface area contributed by atoms with E-state index in [9.17, 15) is 0 Å². The van der Waals surface area contributed by atoms with Gasteiger partial charge in [0.25, 0.3) is 0 Å². The lowest BCUT2D eigenvalue weighted by atomic mass is 9.81. The minimum absolute atomic E-state index is 0.473. The van der Waals surface area contributed by atoms with Gasteiger partial charge in [-0.15, -0.1) is 0 Å². The van der Waals surface area contributed by atoms with E-state index in [1.807, 2.05) is 6.07 Å². The topological polar surface area (TPSA) is 49.7 Å². The first-order valence-corrected chi connectivity index (χ1v) is 8.98. The lowest BCUT2D eigenvalue weighted by Crippen LogP contribution is -2.57. The van der Waals surface area contributed by atoms with Crippen molar-refractivity contribution in [3.05, 3.63) is 24.2 Å². The molecule has 5 nitrogen and oxygen atoms in total. The molecule has 2 fully saturated rings. The van der Waals surface area contributed by atoms with Gasteiger partial charge in [0.05, 0.1) is 19.4 Å². The molecule has 3 atom stereocenters. The molecule has 128 valence electrons. The first kappa shape index (κ1) is 16.7. The van der Waals surface area contributed by atoms with E-state index in [1.165, 1.54) is 19.3 Å². The van der Waals surface area contributed by atoms with Crippen molar-refractivity contribution in [2.45, 2.75) is 56.8 Å². The second-order valence-electron chi connectivity index (χ2n) is 6.55. The molecule has 0 aromatic carbocycles. The lowest BCUT2D eigenvalue weighted by Gasteiger charge is -2.48. The molecule has 0 spiro atoms. The van der Waals surface area contributed by atoms with E-state index in [0.717, 1.165) is 36.8 Å². The summed E-state index contributed by atoms with van der Waals surface area (Å²) in [4.78, 5) is 2.64. The number of furan rings is 1. The molecular formula is C17H27N3O2S. The van der Waals surface area contributed by atoms with Gasteiger partial charge in [0, 0.05) is 31.8 Å². The smallest absolute Gasteiger partial charge is 0.166 e. The SMILES string of the molecule is COCCNC(=S)NC1C[C@H]2CCC[C@@H](C1)N2Cc1ccco1. The van der Waals surface area contributed by atoms with Crippen LogP contribution >= 0.6 is 12.2 Å². The van der Waals surface area contributed by atoms with Gasteiger partial charge in [0.2, 0.25) is 0 Å². The summed E-state index contributed by atoms with van der Waals surface area (Å²) in [5, 5.41) is 7.47. The van der Waals surface area contributed by atoms with Gasteiger partial charge in [0.15, 0.2) is 5.11 Å². The number of hydrogen-bond donors (Lipinski definition) is 2. The molecule has 2 saturated heterocycles. The predicted molar refractivity (Wildman–Crippen MR) is 94.3 cm³/mol. The van der Waals surface area contributed by atoms with Crippen LogP contribution in [0.25, 0.3) is 0 Å². The van der Waals surface area contributed by atoms with Gasteiger partial charge in [0.1, 0.15) is 5.76 Å². The van der Waals surface area contributed by atoms with Crippen LogP contribution in [0.4, 0.5) is 0 Å². The molecule has 2 aliphatic rings. The minimum Gasteiger partial charge on any atom is -0.468 e. The van der Waals surface area contributed by atoms with Crippen molar-refractivity contribution in [1.29, 1.82) is 0 Å². The summed E-state index contributed by atoms with van der Waals surface area (Å²) in [7, 11) is 1.70. The summed E-state index contributed by atoms with van der Waals surface area (Å²) in [6.45, 7) is 2.37. The summed E-state index contributed by atoms with van der Waals surface area (Å²) < 4.78 is 10.6. The van der Waals surface area contributed by atoms with Gasteiger partial charge < -0.3 is 19.8 Å². The lowest BCUT2D eigenvalue weighted by molar-refractivity contribution is 0.0160. The van der Waals surface area contributed by atoms with Crippen LogP contribution in [0.1, 0.15) is 37.9 Å². The Hall–Kier alpha value is -1.11. The minimum atomic E-state index is 0.473. The van der Waals surface area contributed by atoms with Crippen molar-refractivity contribution in [1.82, 2.24) is 15.5 Å². The Kier molecular flexibility index (Phi) is 5.91. The molecule has 3 rings (SSSR count). The Morgan fingerprint density at radius 1 is 1.39 bits per heavy atom. The highest BCUT2D eigenvalue weighted by molar-refractivity contribution is 7.80. The molecule has 2 N–H and O–H groups in total. The number of rotatable bonds is 6. The number of nitrogens with one attached hydrogen (secondary N) is 2. The molecule has 6 heteroatoms. The van der Waals surface area contributed by atoms with Crippen molar-refractivity contribution in [3.8, 4) is 0 Å². The maximum atomic E-state index is 5.55. The first-order valence-electron chi connectivity index (χ1n) is 8.57. The van der Waals surface area contributed by atoms with E-state index in [0.29, 0.717) is 24.7 Å². The van der Waals surface area contributed by atoms with E-state index in [1.54, 1.807) is 13.4 Å². The zero-order valence-electron chi connectivity index (χ0n) is 13.8. The molecular weight excluding hydrogens is 310 g/mol. The van der Waals surface area contributed by atoms with Crippen LogP contribution in [0, 0.1) is 0 Å². The molecule has 2 aliphatic heterocycles. The Morgan fingerprint density at radius 2 is 2.17 bits per heavy atom. The summed E-state index contributed by atoms with van der Waals surface area (Å²) in [5.41, 5.74) is 0. The average molecular weight is 337 g/mol. The van der Waals surface area contributed by atoms with E-state index in [4.69, 9.17) is 21.4 Å². The summed E-state index contributed by atoms with van der Waals surface area (Å²) in [6, 6.07) is 5.79. The highest BCUT2D eigenvalue weighted by atomic mass is 32.1. The van der Waals surface area contributed by atoms with E-state index < -0.39 is 0 Å². The number of ether oxygens (including phenoxy) is 1. The Bertz CT molecular complexity index is 480. The monoisotopic (exact) mass is 337 g/mol. The average Bonchev–Trinajstić information content (AvgIpc) is 3.01. The van der Waals surface area contributed by atoms with Gasteiger partial charge in [-0.25, -0.2) is 0 Å². The van der Waals surface area contributed by atoms with Crippen LogP contribution < -0.4 is 10.6 Å². The fraction of sp³-hybridized carbons (Fsp3) is 0.706.